The van der Waals surface area contributed by atoms with Crippen LogP contribution in [0.1, 0.15) is 32.1 Å². The van der Waals surface area contributed by atoms with E-state index in [1.165, 1.54) is 0 Å². The van der Waals surface area contributed by atoms with Gasteiger partial charge >= 0.3 is 0 Å². The standard InChI is InChI=1S/C16H31N3O3/c1-19(2)11-4-9-17-15(20)13-5-7-14(8-6-13)16(21)18-10-12-22-3/h13-14H,4-12H2,1-3H3,(H,17,20)(H,18,21). The van der Waals surface area contributed by atoms with Crippen LogP contribution in [-0.2, 0) is 14.3 Å². The third-order valence-electron chi connectivity index (χ3n) is 4.16. The van der Waals surface area contributed by atoms with Gasteiger partial charge in [0.1, 0.15) is 0 Å². The molecular formula is C16H31N3O3. The molecule has 0 saturated heterocycles. The number of ether oxygens (including phenoxy) is 1. The number of carbonyl (C=O) groups is 2. The van der Waals surface area contributed by atoms with E-state index in [2.05, 4.69) is 15.5 Å². The van der Waals surface area contributed by atoms with Crippen LogP contribution in [0.4, 0.5) is 0 Å². The van der Waals surface area contributed by atoms with E-state index in [9.17, 15) is 9.59 Å². The Morgan fingerprint density at radius 3 is 1.95 bits per heavy atom. The van der Waals surface area contributed by atoms with Crippen molar-refractivity contribution in [3.63, 3.8) is 0 Å². The summed E-state index contributed by atoms with van der Waals surface area (Å²) in [7, 11) is 5.68. The lowest BCUT2D eigenvalue weighted by atomic mass is 9.81. The molecule has 22 heavy (non-hydrogen) atoms. The van der Waals surface area contributed by atoms with E-state index < -0.39 is 0 Å². The Morgan fingerprint density at radius 1 is 1.00 bits per heavy atom. The van der Waals surface area contributed by atoms with E-state index in [4.69, 9.17) is 4.74 Å². The Hall–Kier alpha value is -1.14. The van der Waals surface area contributed by atoms with Gasteiger partial charge < -0.3 is 20.3 Å². The molecule has 6 nitrogen and oxygen atoms in total. The maximum atomic E-state index is 12.1. The number of amides is 2. The zero-order chi connectivity index (χ0) is 16.4. The van der Waals surface area contributed by atoms with Crippen molar-refractivity contribution in [1.82, 2.24) is 15.5 Å². The lowest BCUT2D eigenvalue weighted by Gasteiger charge is -2.27. The predicted molar refractivity (Wildman–Crippen MR) is 86.5 cm³/mol. The molecule has 0 aromatic heterocycles. The Bertz CT molecular complexity index is 340. The molecule has 0 aromatic rings. The smallest absolute Gasteiger partial charge is 0.223 e. The lowest BCUT2D eigenvalue weighted by molar-refractivity contribution is -0.130. The molecule has 0 aliphatic heterocycles. The molecule has 0 bridgehead atoms. The summed E-state index contributed by atoms with van der Waals surface area (Å²) in [6.07, 6.45) is 4.18. The van der Waals surface area contributed by atoms with Gasteiger partial charge in [-0.15, -0.1) is 0 Å². The van der Waals surface area contributed by atoms with Gasteiger partial charge in [-0.25, -0.2) is 0 Å². The van der Waals surface area contributed by atoms with Gasteiger partial charge in [0.25, 0.3) is 0 Å². The largest absolute Gasteiger partial charge is 0.383 e. The van der Waals surface area contributed by atoms with Crippen LogP contribution in [0.25, 0.3) is 0 Å². The first-order valence-electron chi connectivity index (χ1n) is 8.23. The van der Waals surface area contributed by atoms with Crippen LogP contribution >= 0.6 is 0 Å². The van der Waals surface area contributed by atoms with Crippen molar-refractivity contribution in [3.05, 3.63) is 0 Å². The molecule has 0 unspecified atom stereocenters. The average Bonchev–Trinajstić information content (AvgIpc) is 2.51. The summed E-state index contributed by atoms with van der Waals surface area (Å²) < 4.78 is 4.92. The fourth-order valence-corrected chi connectivity index (χ4v) is 2.79. The van der Waals surface area contributed by atoms with Crippen molar-refractivity contribution in [3.8, 4) is 0 Å². The van der Waals surface area contributed by atoms with Gasteiger partial charge in [-0.05, 0) is 52.7 Å². The second-order valence-corrected chi connectivity index (χ2v) is 6.28. The van der Waals surface area contributed by atoms with Gasteiger partial charge in [0.2, 0.25) is 11.8 Å². The second kappa shape index (κ2) is 10.6. The van der Waals surface area contributed by atoms with E-state index in [-0.39, 0.29) is 23.7 Å². The molecule has 0 heterocycles. The minimum absolute atomic E-state index is 0.0506. The molecule has 128 valence electrons. The quantitative estimate of drug-likeness (QED) is 0.612. The molecule has 0 atom stereocenters. The van der Waals surface area contributed by atoms with Crippen LogP contribution in [-0.4, -0.2) is 64.2 Å². The van der Waals surface area contributed by atoms with Crippen LogP contribution < -0.4 is 10.6 Å². The Morgan fingerprint density at radius 2 is 1.50 bits per heavy atom. The molecule has 2 amide bonds. The fourth-order valence-electron chi connectivity index (χ4n) is 2.79. The first-order valence-corrected chi connectivity index (χ1v) is 8.23. The number of nitrogens with zero attached hydrogens (tertiary/aromatic N) is 1. The number of hydrogen-bond donors (Lipinski definition) is 2. The minimum atomic E-state index is 0.0506. The fraction of sp³-hybridized carbons (Fsp3) is 0.875. The molecule has 0 radical (unpaired) electrons. The van der Waals surface area contributed by atoms with Crippen molar-refractivity contribution in [2.45, 2.75) is 32.1 Å². The first-order chi connectivity index (χ1) is 10.5. The molecule has 2 N–H and O–H groups in total. The summed E-state index contributed by atoms with van der Waals surface area (Å²) in [5.41, 5.74) is 0. The topological polar surface area (TPSA) is 70.7 Å². The monoisotopic (exact) mass is 313 g/mol. The normalized spacial score (nSPS) is 21.6. The van der Waals surface area contributed by atoms with Crippen molar-refractivity contribution in [2.24, 2.45) is 11.8 Å². The summed E-state index contributed by atoms with van der Waals surface area (Å²) in [5, 5.41) is 5.89. The summed E-state index contributed by atoms with van der Waals surface area (Å²) in [5.74, 6) is 0.371. The molecule has 6 heteroatoms. The zero-order valence-corrected chi connectivity index (χ0v) is 14.2. The van der Waals surface area contributed by atoms with E-state index in [0.717, 1.165) is 45.2 Å². The van der Waals surface area contributed by atoms with E-state index >= 15 is 0 Å². The molecule has 0 aromatic carbocycles. The van der Waals surface area contributed by atoms with Crippen molar-refractivity contribution >= 4 is 11.8 Å². The Labute approximate surface area is 134 Å². The minimum Gasteiger partial charge on any atom is -0.383 e. The van der Waals surface area contributed by atoms with Crippen molar-refractivity contribution in [2.75, 3.05) is 47.4 Å². The van der Waals surface area contributed by atoms with E-state index in [1.54, 1.807) is 7.11 Å². The van der Waals surface area contributed by atoms with E-state index in [1.807, 2.05) is 14.1 Å². The summed E-state index contributed by atoms with van der Waals surface area (Å²) >= 11 is 0. The number of hydrogen-bond acceptors (Lipinski definition) is 4. The Kier molecular flexibility index (Phi) is 9.08. The molecule has 1 aliphatic carbocycles. The number of methoxy groups -OCH3 is 1. The summed E-state index contributed by atoms with van der Waals surface area (Å²) in [4.78, 5) is 26.2. The molecule has 1 aliphatic rings. The van der Waals surface area contributed by atoms with Gasteiger partial charge in [-0.1, -0.05) is 0 Å². The van der Waals surface area contributed by atoms with Gasteiger partial charge in [-0.3, -0.25) is 9.59 Å². The highest BCUT2D eigenvalue weighted by molar-refractivity contribution is 5.81. The molecule has 1 fully saturated rings. The lowest BCUT2D eigenvalue weighted by Crippen LogP contribution is -2.38. The van der Waals surface area contributed by atoms with Crippen molar-refractivity contribution in [1.29, 1.82) is 0 Å². The third kappa shape index (κ3) is 7.22. The number of nitrogens with one attached hydrogen (secondary N) is 2. The van der Waals surface area contributed by atoms with Gasteiger partial charge in [0, 0.05) is 32.0 Å². The van der Waals surface area contributed by atoms with Crippen molar-refractivity contribution < 1.29 is 14.3 Å². The number of rotatable bonds is 9. The maximum absolute atomic E-state index is 12.1. The Balaban J connectivity index is 2.18. The van der Waals surface area contributed by atoms with Crippen LogP contribution in [0.15, 0.2) is 0 Å². The second-order valence-electron chi connectivity index (χ2n) is 6.28. The highest BCUT2D eigenvalue weighted by Crippen LogP contribution is 2.29. The van der Waals surface area contributed by atoms with Gasteiger partial charge in [0.05, 0.1) is 6.61 Å². The first kappa shape index (κ1) is 18.9. The summed E-state index contributed by atoms with van der Waals surface area (Å²) in [6, 6.07) is 0. The highest BCUT2D eigenvalue weighted by Gasteiger charge is 2.29. The van der Waals surface area contributed by atoms with Gasteiger partial charge in [-0.2, -0.15) is 0 Å². The summed E-state index contributed by atoms with van der Waals surface area (Å²) in [6.45, 7) is 2.81. The van der Waals surface area contributed by atoms with Crippen LogP contribution in [0.3, 0.4) is 0 Å². The maximum Gasteiger partial charge on any atom is 0.223 e. The molecule has 1 rings (SSSR count). The molecular weight excluding hydrogens is 282 g/mol. The highest BCUT2D eigenvalue weighted by atomic mass is 16.5. The van der Waals surface area contributed by atoms with Crippen LogP contribution in [0.2, 0.25) is 0 Å². The average molecular weight is 313 g/mol. The third-order valence-corrected chi connectivity index (χ3v) is 4.16. The van der Waals surface area contributed by atoms with E-state index in [0.29, 0.717) is 13.2 Å². The molecule has 0 spiro atoms. The predicted octanol–water partition coefficient (Wildman–Crippen LogP) is 0.623. The zero-order valence-electron chi connectivity index (χ0n) is 14.2. The van der Waals surface area contributed by atoms with Crippen LogP contribution in [0, 0.1) is 11.8 Å². The van der Waals surface area contributed by atoms with Gasteiger partial charge in [0.15, 0.2) is 0 Å². The van der Waals surface area contributed by atoms with Crippen LogP contribution in [0.5, 0.6) is 0 Å². The SMILES string of the molecule is COCCNC(=O)C1CCC(C(=O)NCCCN(C)C)CC1. The molecule has 1 saturated carbocycles. The number of carbonyl (C=O) groups excluding carboxylic acids is 2.